The third-order valence-corrected chi connectivity index (χ3v) is 2.56. The second kappa shape index (κ2) is 3.81. The number of hydrogen-bond donors (Lipinski definition) is 2. The van der Waals surface area contributed by atoms with E-state index in [4.69, 9.17) is 5.21 Å². The fourth-order valence-corrected chi connectivity index (χ4v) is 1.76. The fourth-order valence-electron chi connectivity index (χ4n) is 1.76. The van der Waals surface area contributed by atoms with Crippen LogP contribution in [0.25, 0.3) is 10.9 Å². The molecule has 2 N–H and O–H groups in total. The Kier molecular flexibility index (Phi) is 2.48. The standard InChI is InChI=1S/C12H12N2O2/c1-7-5-8(2)12(15)11-10(7)4-3-9(14-11)6-13-16/h3-6,15-16H,1-2H3/b13-6-. The Labute approximate surface area is 92.9 Å². The maximum Gasteiger partial charge on any atom is 0.144 e. The lowest BCUT2D eigenvalue weighted by Crippen LogP contribution is -1.92. The van der Waals surface area contributed by atoms with Gasteiger partial charge in [-0.1, -0.05) is 17.3 Å². The van der Waals surface area contributed by atoms with Crippen molar-refractivity contribution < 1.29 is 10.3 Å². The summed E-state index contributed by atoms with van der Waals surface area (Å²) in [5.41, 5.74) is 2.89. The van der Waals surface area contributed by atoms with Gasteiger partial charge in [-0.2, -0.15) is 0 Å². The largest absolute Gasteiger partial charge is 0.505 e. The first-order valence-corrected chi connectivity index (χ1v) is 4.91. The number of benzene rings is 1. The summed E-state index contributed by atoms with van der Waals surface area (Å²) >= 11 is 0. The lowest BCUT2D eigenvalue weighted by Gasteiger charge is -2.07. The summed E-state index contributed by atoms with van der Waals surface area (Å²) in [6, 6.07) is 5.51. The number of pyridine rings is 1. The van der Waals surface area contributed by atoms with Gasteiger partial charge in [0.15, 0.2) is 0 Å². The molecule has 0 atom stereocenters. The molecule has 0 aliphatic rings. The number of nitrogens with zero attached hydrogens (tertiary/aromatic N) is 2. The summed E-state index contributed by atoms with van der Waals surface area (Å²) in [6.07, 6.45) is 1.23. The van der Waals surface area contributed by atoms with Gasteiger partial charge in [0.05, 0.1) is 11.9 Å². The number of hydrogen-bond acceptors (Lipinski definition) is 4. The van der Waals surface area contributed by atoms with Crippen molar-refractivity contribution in [3.8, 4) is 5.75 Å². The van der Waals surface area contributed by atoms with Gasteiger partial charge in [0, 0.05) is 5.39 Å². The zero-order valence-electron chi connectivity index (χ0n) is 9.10. The average molecular weight is 216 g/mol. The van der Waals surface area contributed by atoms with Gasteiger partial charge in [-0.3, -0.25) is 0 Å². The minimum absolute atomic E-state index is 0.175. The second-order valence-corrected chi connectivity index (χ2v) is 3.74. The summed E-state index contributed by atoms with van der Waals surface area (Å²) in [7, 11) is 0. The quantitative estimate of drug-likeness (QED) is 0.437. The first-order valence-electron chi connectivity index (χ1n) is 4.91. The number of aryl methyl sites for hydroxylation is 2. The normalized spacial score (nSPS) is 11.4. The average Bonchev–Trinajstić information content (AvgIpc) is 2.26. The molecule has 2 aromatic rings. The highest BCUT2D eigenvalue weighted by atomic mass is 16.4. The van der Waals surface area contributed by atoms with Gasteiger partial charge in [0.1, 0.15) is 11.3 Å². The molecular formula is C12H12N2O2. The van der Waals surface area contributed by atoms with E-state index >= 15 is 0 Å². The number of phenols is 1. The maximum absolute atomic E-state index is 9.91. The first-order chi connectivity index (χ1) is 7.63. The van der Waals surface area contributed by atoms with Gasteiger partial charge in [-0.25, -0.2) is 4.98 Å². The van der Waals surface area contributed by atoms with Crippen molar-refractivity contribution >= 4 is 17.1 Å². The van der Waals surface area contributed by atoms with Crippen LogP contribution >= 0.6 is 0 Å². The smallest absolute Gasteiger partial charge is 0.144 e. The molecule has 0 saturated heterocycles. The van der Waals surface area contributed by atoms with Gasteiger partial charge in [-0.15, -0.1) is 0 Å². The zero-order valence-corrected chi connectivity index (χ0v) is 9.10. The molecule has 0 aliphatic heterocycles. The van der Waals surface area contributed by atoms with Gasteiger partial charge >= 0.3 is 0 Å². The number of aromatic nitrogens is 1. The van der Waals surface area contributed by atoms with Crippen LogP contribution in [0.3, 0.4) is 0 Å². The third-order valence-electron chi connectivity index (χ3n) is 2.56. The van der Waals surface area contributed by atoms with Gasteiger partial charge in [-0.05, 0) is 31.0 Å². The molecule has 4 nitrogen and oxygen atoms in total. The maximum atomic E-state index is 9.91. The van der Waals surface area contributed by atoms with Crippen LogP contribution in [0.15, 0.2) is 23.4 Å². The van der Waals surface area contributed by atoms with Crippen molar-refractivity contribution in [1.82, 2.24) is 4.98 Å². The van der Waals surface area contributed by atoms with Crippen LogP contribution in [0.2, 0.25) is 0 Å². The molecule has 0 spiro atoms. The van der Waals surface area contributed by atoms with E-state index in [1.165, 1.54) is 6.21 Å². The van der Waals surface area contributed by atoms with Crippen LogP contribution in [0.5, 0.6) is 5.75 Å². The highest BCUT2D eigenvalue weighted by Crippen LogP contribution is 2.29. The Balaban J connectivity index is 2.81. The monoisotopic (exact) mass is 216 g/mol. The van der Waals surface area contributed by atoms with E-state index in [2.05, 4.69) is 10.1 Å². The summed E-state index contributed by atoms with van der Waals surface area (Å²) in [5, 5.41) is 22.2. The molecule has 0 radical (unpaired) electrons. The lowest BCUT2D eigenvalue weighted by molar-refractivity contribution is 0.321. The van der Waals surface area contributed by atoms with Crippen molar-refractivity contribution in [2.45, 2.75) is 13.8 Å². The highest BCUT2D eigenvalue weighted by Gasteiger charge is 2.08. The van der Waals surface area contributed by atoms with Gasteiger partial charge in [0.25, 0.3) is 0 Å². The van der Waals surface area contributed by atoms with Crippen LogP contribution in [-0.2, 0) is 0 Å². The molecule has 1 aromatic heterocycles. The van der Waals surface area contributed by atoms with E-state index < -0.39 is 0 Å². The van der Waals surface area contributed by atoms with E-state index in [1.807, 2.05) is 26.0 Å². The fraction of sp³-hybridized carbons (Fsp3) is 0.167. The number of oxime groups is 1. The van der Waals surface area contributed by atoms with Crippen molar-refractivity contribution in [1.29, 1.82) is 0 Å². The first kappa shape index (κ1) is 10.4. The van der Waals surface area contributed by atoms with Gasteiger partial charge < -0.3 is 10.3 Å². The Morgan fingerprint density at radius 3 is 2.69 bits per heavy atom. The van der Waals surface area contributed by atoms with Crippen molar-refractivity contribution in [2.75, 3.05) is 0 Å². The summed E-state index contributed by atoms with van der Waals surface area (Å²) in [5.74, 6) is 0.175. The molecule has 1 aromatic carbocycles. The van der Waals surface area contributed by atoms with E-state index in [9.17, 15) is 5.11 Å². The minimum Gasteiger partial charge on any atom is -0.505 e. The van der Waals surface area contributed by atoms with E-state index in [0.29, 0.717) is 11.2 Å². The van der Waals surface area contributed by atoms with Crippen LogP contribution < -0.4 is 0 Å². The molecule has 1 heterocycles. The Bertz CT molecular complexity index is 577. The Hall–Kier alpha value is -2.10. The Morgan fingerprint density at radius 1 is 1.25 bits per heavy atom. The predicted octanol–water partition coefficient (Wildman–Crippen LogP) is 2.37. The SMILES string of the molecule is Cc1cc(C)c2ccc(/C=N\O)nc2c1O. The number of fused-ring (bicyclic) bond motifs is 1. The van der Waals surface area contributed by atoms with Crippen LogP contribution in [0.4, 0.5) is 0 Å². The molecule has 4 heteroatoms. The topological polar surface area (TPSA) is 65.7 Å². The van der Waals surface area contributed by atoms with Crippen molar-refractivity contribution in [3.05, 3.63) is 35.0 Å². The number of rotatable bonds is 1. The molecule has 0 amide bonds. The van der Waals surface area contributed by atoms with Gasteiger partial charge in [0.2, 0.25) is 0 Å². The molecule has 16 heavy (non-hydrogen) atoms. The van der Waals surface area contributed by atoms with Crippen molar-refractivity contribution in [3.63, 3.8) is 0 Å². The lowest BCUT2D eigenvalue weighted by atomic mass is 10.0. The molecule has 82 valence electrons. The summed E-state index contributed by atoms with van der Waals surface area (Å²) in [6.45, 7) is 3.80. The van der Waals surface area contributed by atoms with E-state index in [0.717, 1.165) is 16.5 Å². The molecule has 0 bridgehead atoms. The minimum atomic E-state index is 0.175. The second-order valence-electron chi connectivity index (χ2n) is 3.74. The number of aromatic hydroxyl groups is 1. The Morgan fingerprint density at radius 2 is 2.00 bits per heavy atom. The van der Waals surface area contributed by atoms with Crippen LogP contribution in [0.1, 0.15) is 16.8 Å². The molecule has 0 aliphatic carbocycles. The summed E-state index contributed by atoms with van der Waals surface area (Å²) < 4.78 is 0. The van der Waals surface area contributed by atoms with E-state index in [-0.39, 0.29) is 5.75 Å². The predicted molar refractivity (Wildman–Crippen MR) is 62.3 cm³/mol. The number of phenolic OH excluding ortho intramolecular Hbond substituents is 1. The third kappa shape index (κ3) is 1.58. The summed E-state index contributed by atoms with van der Waals surface area (Å²) in [4.78, 5) is 4.23. The van der Waals surface area contributed by atoms with Crippen LogP contribution in [-0.4, -0.2) is 21.5 Å². The van der Waals surface area contributed by atoms with Crippen molar-refractivity contribution in [2.24, 2.45) is 5.16 Å². The molecule has 0 unspecified atom stereocenters. The zero-order chi connectivity index (χ0) is 11.7. The van der Waals surface area contributed by atoms with E-state index in [1.54, 1.807) is 6.07 Å². The van der Waals surface area contributed by atoms with Crippen LogP contribution in [0, 0.1) is 13.8 Å². The molecule has 0 saturated carbocycles. The highest BCUT2D eigenvalue weighted by molar-refractivity contribution is 5.91. The molecule has 2 rings (SSSR count). The molecular weight excluding hydrogens is 204 g/mol. The molecule has 0 fully saturated rings.